The van der Waals surface area contributed by atoms with E-state index >= 15 is 0 Å². The van der Waals surface area contributed by atoms with E-state index in [0.717, 1.165) is 29.4 Å². The quantitative estimate of drug-likeness (QED) is 0.623. The average molecular weight is 252 g/mol. The smallest absolute Gasteiger partial charge is 0.104 e. The molecule has 3 heteroatoms. The molecular formula is C14H20O2S. The van der Waals surface area contributed by atoms with Gasteiger partial charge in [-0.3, -0.25) is 0 Å². The van der Waals surface area contributed by atoms with Crippen LogP contribution >= 0.6 is 11.3 Å². The lowest BCUT2D eigenvalue weighted by atomic mass is 10.1. The molecule has 1 heterocycles. The van der Waals surface area contributed by atoms with Crippen LogP contribution in [0.15, 0.2) is 11.4 Å². The van der Waals surface area contributed by atoms with Gasteiger partial charge in [-0.15, -0.1) is 11.3 Å². The fraction of sp³-hybridized carbons (Fsp3) is 0.571. The number of thiophene rings is 1. The molecule has 0 radical (unpaired) electrons. The van der Waals surface area contributed by atoms with Gasteiger partial charge in [0.05, 0.1) is 6.61 Å². The second kappa shape index (κ2) is 8.30. The van der Waals surface area contributed by atoms with E-state index in [1.165, 1.54) is 6.42 Å². The maximum absolute atomic E-state index is 8.65. The number of aliphatic hydroxyl groups is 1. The van der Waals surface area contributed by atoms with Crippen molar-refractivity contribution < 1.29 is 9.84 Å². The lowest BCUT2D eigenvalue weighted by Gasteiger charge is -2.05. The molecule has 0 amide bonds. The van der Waals surface area contributed by atoms with Crippen molar-refractivity contribution in [2.75, 3.05) is 13.2 Å². The summed E-state index contributed by atoms with van der Waals surface area (Å²) < 4.78 is 5.63. The first-order valence-electron chi connectivity index (χ1n) is 5.98. The van der Waals surface area contributed by atoms with Crippen LogP contribution in [0.1, 0.15) is 37.1 Å². The van der Waals surface area contributed by atoms with Crippen molar-refractivity contribution in [2.24, 2.45) is 5.92 Å². The van der Waals surface area contributed by atoms with Crippen molar-refractivity contribution in [3.8, 4) is 11.8 Å². The van der Waals surface area contributed by atoms with Gasteiger partial charge in [0.15, 0.2) is 0 Å². The Morgan fingerprint density at radius 1 is 1.47 bits per heavy atom. The van der Waals surface area contributed by atoms with Crippen molar-refractivity contribution in [3.63, 3.8) is 0 Å². The molecule has 0 spiro atoms. The van der Waals surface area contributed by atoms with Crippen molar-refractivity contribution in [1.29, 1.82) is 0 Å². The monoisotopic (exact) mass is 252 g/mol. The zero-order valence-electron chi connectivity index (χ0n) is 10.5. The highest BCUT2D eigenvalue weighted by Gasteiger charge is 2.02. The third-order valence-electron chi connectivity index (χ3n) is 2.35. The number of hydrogen-bond acceptors (Lipinski definition) is 3. The summed E-state index contributed by atoms with van der Waals surface area (Å²) in [6.45, 7) is 5.79. The fourth-order valence-corrected chi connectivity index (χ4v) is 2.22. The summed E-state index contributed by atoms with van der Waals surface area (Å²) in [6, 6.07) is 1.97. The van der Waals surface area contributed by atoms with E-state index < -0.39 is 0 Å². The highest BCUT2D eigenvalue weighted by atomic mass is 32.1. The summed E-state index contributed by atoms with van der Waals surface area (Å²) >= 11 is 1.66. The molecule has 2 nitrogen and oxygen atoms in total. The van der Waals surface area contributed by atoms with Gasteiger partial charge in [-0.1, -0.05) is 25.7 Å². The molecule has 17 heavy (non-hydrogen) atoms. The van der Waals surface area contributed by atoms with Gasteiger partial charge in [-0.2, -0.15) is 0 Å². The van der Waals surface area contributed by atoms with Crippen molar-refractivity contribution in [1.82, 2.24) is 0 Å². The fourth-order valence-electron chi connectivity index (χ4n) is 1.46. The Balaban J connectivity index is 2.29. The molecular weight excluding hydrogens is 232 g/mol. The van der Waals surface area contributed by atoms with E-state index in [2.05, 4.69) is 25.7 Å². The summed E-state index contributed by atoms with van der Waals surface area (Å²) in [6.07, 6.45) is 2.32. The van der Waals surface area contributed by atoms with Gasteiger partial charge in [-0.05, 0) is 30.2 Å². The van der Waals surface area contributed by atoms with E-state index in [1.54, 1.807) is 11.3 Å². The Morgan fingerprint density at radius 2 is 2.29 bits per heavy atom. The molecule has 0 unspecified atom stereocenters. The minimum atomic E-state index is -0.0927. The van der Waals surface area contributed by atoms with Gasteiger partial charge in [-0.25, -0.2) is 0 Å². The van der Waals surface area contributed by atoms with Crippen LogP contribution in [0.25, 0.3) is 0 Å². The predicted octanol–water partition coefficient (Wildman–Crippen LogP) is 3.04. The molecule has 1 N–H and O–H groups in total. The van der Waals surface area contributed by atoms with Crippen molar-refractivity contribution in [2.45, 2.75) is 33.3 Å². The Morgan fingerprint density at radius 3 is 3.00 bits per heavy atom. The summed E-state index contributed by atoms with van der Waals surface area (Å²) in [5, 5.41) is 10.7. The Labute approximate surface area is 108 Å². The molecule has 0 saturated heterocycles. The molecule has 1 rings (SSSR count). The van der Waals surface area contributed by atoms with Crippen molar-refractivity contribution >= 4 is 11.3 Å². The minimum Gasteiger partial charge on any atom is -0.384 e. The SMILES string of the molecule is CC(C)CCCOCc1sccc1C#CCO. The lowest BCUT2D eigenvalue weighted by Crippen LogP contribution is -1.97. The Kier molecular flexibility index (Phi) is 6.95. The second-order valence-corrected chi connectivity index (χ2v) is 5.31. The molecule has 1 aromatic heterocycles. The molecule has 0 fully saturated rings. The van der Waals surface area contributed by atoms with Gasteiger partial charge >= 0.3 is 0 Å². The molecule has 94 valence electrons. The average Bonchev–Trinajstić information content (AvgIpc) is 2.73. The third-order valence-corrected chi connectivity index (χ3v) is 3.25. The van der Waals surface area contributed by atoms with E-state index in [-0.39, 0.29) is 6.61 Å². The van der Waals surface area contributed by atoms with Crippen molar-refractivity contribution in [3.05, 3.63) is 21.9 Å². The number of ether oxygens (including phenoxy) is 1. The van der Waals surface area contributed by atoms with Gasteiger partial charge < -0.3 is 9.84 Å². The molecule has 0 saturated carbocycles. The van der Waals surface area contributed by atoms with Crippen LogP contribution in [0.2, 0.25) is 0 Å². The second-order valence-electron chi connectivity index (χ2n) is 4.31. The van der Waals surface area contributed by atoms with E-state index in [4.69, 9.17) is 9.84 Å². The van der Waals surface area contributed by atoms with E-state index in [9.17, 15) is 0 Å². The third kappa shape index (κ3) is 5.88. The maximum atomic E-state index is 8.65. The number of aliphatic hydroxyl groups excluding tert-OH is 1. The maximum Gasteiger partial charge on any atom is 0.104 e. The first-order chi connectivity index (χ1) is 8.24. The Bertz CT molecular complexity index is 371. The van der Waals surface area contributed by atoms with Gasteiger partial charge in [0.2, 0.25) is 0 Å². The normalized spacial score (nSPS) is 10.4. The molecule has 0 aliphatic carbocycles. The van der Waals surface area contributed by atoms with Crippen LogP contribution in [0.3, 0.4) is 0 Å². The van der Waals surface area contributed by atoms with Crippen LogP contribution in [-0.2, 0) is 11.3 Å². The zero-order valence-corrected chi connectivity index (χ0v) is 11.3. The van der Waals surface area contributed by atoms with Crippen LogP contribution in [-0.4, -0.2) is 18.3 Å². The molecule has 0 aliphatic rings. The Hall–Kier alpha value is -0.820. The molecule has 0 atom stereocenters. The number of hydrogen-bond donors (Lipinski definition) is 1. The summed E-state index contributed by atoms with van der Waals surface area (Å²) in [4.78, 5) is 1.15. The summed E-state index contributed by atoms with van der Waals surface area (Å²) in [5.41, 5.74) is 0.980. The van der Waals surface area contributed by atoms with Gasteiger partial charge in [0, 0.05) is 17.0 Å². The summed E-state index contributed by atoms with van der Waals surface area (Å²) in [5.74, 6) is 6.34. The lowest BCUT2D eigenvalue weighted by molar-refractivity contribution is 0.117. The summed E-state index contributed by atoms with van der Waals surface area (Å²) in [7, 11) is 0. The van der Waals surface area contributed by atoms with Crippen LogP contribution in [0, 0.1) is 17.8 Å². The topological polar surface area (TPSA) is 29.5 Å². The van der Waals surface area contributed by atoms with Gasteiger partial charge in [0.25, 0.3) is 0 Å². The standard InChI is InChI=1S/C14H20O2S/c1-12(2)5-4-9-16-11-14-13(6-3-8-15)7-10-17-14/h7,10,12,15H,4-5,8-9,11H2,1-2H3. The number of rotatable bonds is 6. The molecule has 0 aromatic carbocycles. The first kappa shape index (κ1) is 14.2. The van der Waals surface area contributed by atoms with Gasteiger partial charge in [0.1, 0.15) is 6.61 Å². The first-order valence-corrected chi connectivity index (χ1v) is 6.86. The minimum absolute atomic E-state index is 0.0927. The van der Waals surface area contributed by atoms with Crippen LogP contribution in [0.5, 0.6) is 0 Å². The zero-order chi connectivity index (χ0) is 12.5. The van der Waals surface area contributed by atoms with E-state index in [0.29, 0.717) is 6.61 Å². The molecule has 0 bridgehead atoms. The van der Waals surface area contributed by atoms with E-state index in [1.807, 2.05) is 11.4 Å². The predicted molar refractivity (Wildman–Crippen MR) is 72.0 cm³/mol. The molecule has 1 aromatic rings. The highest BCUT2D eigenvalue weighted by molar-refractivity contribution is 7.10. The van der Waals surface area contributed by atoms with Crippen LogP contribution in [0.4, 0.5) is 0 Å². The largest absolute Gasteiger partial charge is 0.384 e. The van der Waals surface area contributed by atoms with Crippen LogP contribution < -0.4 is 0 Å². The highest BCUT2D eigenvalue weighted by Crippen LogP contribution is 2.17. The molecule has 0 aliphatic heterocycles.